The highest BCUT2D eigenvalue weighted by molar-refractivity contribution is 7.12. The van der Waals surface area contributed by atoms with Crippen molar-refractivity contribution < 1.29 is 9.59 Å². The van der Waals surface area contributed by atoms with Crippen molar-refractivity contribution >= 4 is 23.2 Å². The molecule has 0 bridgehead atoms. The summed E-state index contributed by atoms with van der Waals surface area (Å²) in [5.74, 6) is 0.117. The van der Waals surface area contributed by atoms with E-state index in [1.54, 1.807) is 0 Å². The molecule has 2 aromatic rings. The van der Waals surface area contributed by atoms with Crippen LogP contribution in [0.2, 0.25) is 0 Å². The van der Waals surface area contributed by atoms with Crippen LogP contribution in [0.4, 0.5) is 0 Å². The van der Waals surface area contributed by atoms with Gasteiger partial charge in [-0.25, -0.2) is 0 Å². The molecule has 2 amide bonds. The number of nitrogens with one attached hydrogen (secondary N) is 1. The number of carbonyl (C=O) groups excluding carboxylic acids is 2. The molecule has 25 heavy (non-hydrogen) atoms. The first-order chi connectivity index (χ1) is 12.1. The maximum absolute atomic E-state index is 12.3. The van der Waals surface area contributed by atoms with Gasteiger partial charge in [0.15, 0.2) is 0 Å². The van der Waals surface area contributed by atoms with Gasteiger partial charge in [0, 0.05) is 26.2 Å². The second-order valence-electron chi connectivity index (χ2n) is 6.25. The molecule has 1 fully saturated rings. The van der Waals surface area contributed by atoms with Gasteiger partial charge in [0.2, 0.25) is 5.91 Å². The minimum Gasteiger partial charge on any atom is -0.348 e. The lowest BCUT2D eigenvalue weighted by Crippen LogP contribution is -2.51. The summed E-state index contributed by atoms with van der Waals surface area (Å²) in [7, 11) is 0. The number of rotatable bonds is 5. The SMILES string of the molecule is CC(NC(=O)CN1CCN(C(=O)c2cccs2)CC1)c1ccccc1. The van der Waals surface area contributed by atoms with Crippen LogP contribution in [0.15, 0.2) is 47.8 Å². The molecule has 5 nitrogen and oxygen atoms in total. The van der Waals surface area contributed by atoms with Crippen LogP contribution in [0.5, 0.6) is 0 Å². The van der Waals surface area contributed by atoms with Crippen LogP contribution in [-0.4, -0.2) is 54.3 Å². The first kappa shape index (κ1) is 17.6. The molecular formula is C19H23N3O2S. The van der Waals surface area contributed by atoms with Crippen molar-refractivity contribution in [1.29, 1.82) is 0 Å². The fourth-order valence-corrected chi connectivity index (χ4v) is 3.67. The van der Waals surface area contributed by atoms with E-state index >= 15 is 0 Å². The second kappa shape index (κ2) is 8.27. The highest BCUT2D eigenvalue weighted by atomic mass is 32.1. The highest BCUT2D eigenvalue weighted by Crippen LogP contribution is 2.14. The lowest BCUT2D eigenvalue weighted by Gasteiger charge is -2.34. The van der Waals surface area contributed by atoms with Crippen LogP contribution < -0.4 is 5.32 Å². The maximum atomic E-state index is 12.3. The predicted octanol–water partition coefficient (Wildman–Crippen LogP) is 2.38. The van der Waals surface area contributed by atoms with Crippen LogP contribution >= 0.6 is 11.3 Å². The van der Waals surface area contributed by atoms with E-state index in [9.17, 15) is 9.59 Å². The summed E-state index contributed by atoms with van der Waals surface area (Å²) in [6.07, 6.45) is 0. The lowest BCUT2D eigenvalue weighted by atomic mass is 10.1. The first-order valence-corrected chi connectivity index (χ1v) is 9.41. The van der Waals surface area contributed by atoms with Gasteiger partial charge in [0.25, 0.3) is 5.91 Å². The van der Waals surface area contributed by atoms with Gasteiger partial charge < -0.3 is 10.2 Å². The zero-order chi connectivity index (χ0) is 17.6. The van der Waals surface area contributed by atoms with E-state index < -0.39 is 0 Å². The number of hydrogen-bond acceptors (Lipinski definition) is 4. The van der Waals surface area contributed by atoms with Gasteiger partial charge in [-0.3, -0.25) is 14.5 Å². The van der Waals surface area contributed by atoms with Gasteiger partial charge >= 0.3 is 0 Å². The summed E-state index contributed by atoms with van der Waals surface area (Å²) in [5.41, 5.74) is 1.10. The first-order valence-electron chi connectivity index (χ1n) is 8.53. The molecule has 1 aliphatic rings. The number of benzene rings is 1. The summed E-state index contributed by atoms with van der Waals surface area (Å²) in [4.78, 5) is 29.3. The molecule has 3 rings (SSSR count). The fraction of sp³-hybridized carbons (Fsp3) is 0.368. The molecule has 1 unspecified atom stereocenters. The van der Waals surface area contributed by atoms with E-state index in [2.05, 4.69) is 10.2 Å². The highest BCUT2D eigenvalue weighted by Gasteiger charge is 2.24. The van der Waals surface area contributed by atoms with Crippen molar-refractivity contribution in [3.05, 3.63) is 58.3 Å². The molecule has 1 aliphatic heterocycles. The van der Waals surface area contributed by atoms with Crippen molar-refractivity contribution in [1.82, 2.24) is 15.1 Å². The average molecular weight is 357 g/mol. The minimum absolute atomic E-state index is 0.00426. The number of nitrogens with zero attached hydrogens (tertiary/aromatic N) is 2. The van der Waals surface area contributed by atoms with Gasteiger partial charge in [0.05, 0.1) is 17.5 Å². The third kappa shape index (κ3) is 4.67. The minimum atomic E-state index is -0.00426. The summed E-state index contributed by atoms with van der Waals surface area (Å²) >= 11 is 1.47. The van der Waals surface area contributed by atoms with Gasteiger partial charge in [-0.1, -0.05) is 36.4 Å². The van der Waals surface area contributed by atoms with Crippen LogP contribution in [0.3, 0.4) is 0 Å². The molecule has 1 atom stereocenters. The van der Waals surface area contributed by atoms with Crippen LogP contribution in [0, 0.1) is 0 Å². The van der Waals surface area contributed by atoms with Gasteiger partial charge in [0.1, 0.15) is 0 Å². The monoisotopic (exact) mass is 357 g/mol. The van der Waals surface area contributed by atoms with Gasteiger partial charge in [-0.15, -0.1) is 11.3 Å². The Hall–Kier alpha value is -2.18. The van der Waals surface area contributed by atoms with E-state index in [0.717, 1.165) is 23.5 Å². The Morgan fingerprint density at radius 2 is 1.80 bits per heavy atom. The molecule has 0 radical (unpaired) electrons. The van der Waals surface area contributed by atoms with Crippen LogP contribution in [0.1, 0.15) is 28.2 Å². The number of hydrogen-bond donors (Lipinski definition) is 1. The Labute approximate surface area is 152 Å². The number of amides is 2. The normalized spacial score (nSPS) is 16.4. The van der Waals surface area contributed by atoms with Gasteiger partial charge in [-0.05, 0) is 23.9 Å². The van der Waals surface area contributed by atoms with Crippen molar-refractivity contribution in [3.8, 4) is 0 Å². The Bertz CT molecular complexity index is 695. The molecule has 0 aliphatic carbocycles. The third-order valence-corrected chi connectivity index (χ3v) is 5.29. The zero-order valence-corrected chi connectivity index (χ0v) is 15.2. The Kier molecular flexibility index (Phi) is 5.83. The average Bonchev–Trinajstić information content (AvgIpc) is 3.17. The van der Waals surface area contributed by atoms with E-state index in [-0.39, 0.29) is 17.9 Å². The van der Waals surface area contributed by atoms with Crippen molar-refractivity contribution in [3.63, 3.8) is 0 Å². The molecule has 132 valence electrons. The fourth-order valence-electron chi connectivity index (χ4n) is 2.98. The summed E-state index contributed by atoms with van der Waals surface area (Å²) in [5, 5.41) is 4.96. The standard InChI is InChI=1S/C19H23N3O2S/c1-15(16-6-3-2-4-7-16)20-18(23)14-21-9-11-22(12-10-21)19(24)17-8-5-13-25-17/h2-8,13,15H,9-12,14H2,1H3,(H,20,23). The Morgan fingerprint density at radius 3 is 2.44 bits per heavy atom. The zero-order valence-electron chi connectivity index (χ0n) is 14.4. The quantitative estimate of drug-likeness (QED) is 0.894. The Balaban J connectivity index is 1.44. The summed E-state index contributed by atoms with van der Waals surface area (Å²) in [6, 6.07) is 13.7. The lowest BCUT2D eigenvalue weighted by molar-refractivity contribution is -0.123. The largest absolute Gasteiger partial charge is 0.348 e. The van der Waals surface area contributed by atoms with Crippen molar-refractivity contribution in [2.24, 2.45) is 0 Å². The molecule has 1 aromatic carbocycles. The number of piperazine rings is 1. The smallest absolute Gasteiger partial charge is 0.264 e. The van der Waals surface area contributed by atoms with Crippen LogP contribution in [-0.2, 0) is 4.79 Å². The topological polar surface area (TPSA) is 52.7 Å². The molecule has 0 saturated carbocycles. The molecule has 2 heterocycles. The summed E-state index contributed by atoms with van der Waals surface area (Å²) in [6.45, 7) is 5.15. The second-order valence-corrected chi connectivity index (χ2v) is 7.19. The van der Waals surface area contributed by atoms with Crippen molar-refractivity contribution in [2.75, 3.05) is 32.7 Å². The summed E-state index contributed by atoms with van der Waals surface area (Å²) < 4.78 is 0. The molecule has 1 aromatic heterocycles. The van der Waals surface area contributed by atoms with Crippen LogP contribution in [0.25, 0.3) is 0 Å². The van der Waals surface area contributed by atoms with E-state index in [4.69, 9.17) is 0 Å². The van der Waals surface area contributed by atoms with Gasteiger partial charge in [-0.2, -0.15) is 0 Å². The van der Waals surface area contributed by atoms with Crippen molar-refractivity contribution in [2.45, 2.75) is 13.0 Å². The molecular weight excluding hydrogens is 334 g/mol. The number of carbonyl (C=O) groups is 2. The maximum Gasteiger partial charge on any atom is 0.264 e. The predicted molar refractivity (Wildman–Crippen MR) is 99.7 cm³/mol. The Morgan fingerprint density at radius 1 is 1.08 bits per heavy atom. The number of thiophene rings is 1. The van der Waals surface area contributed by atoms with E-state index in [1.165, 1.54) is 11.3 Å². The molecule has 1 N–H and O–H groups in total. The molecule has 1 saturated heterocycles. The molecule has 6 heteroatoms. The third-order valence-electron chi connectivity index (χ3n) is 4.44. The molecule has 0 spiro atoms. The van der Waals surface area contributed by atoms with E-state index in [0.29, 0.717) is 19.6 Å². The van der Waals surface area contributed by atoms with E-state index in [1.807, 2.05) is 59.7 Å².